The maximum atomic E-state index is 10.7. The van der Waals surface area contributed by atoms with E-state index in [2.05, 4.69) is 6.58 Å². The minimum atomic E-state index is -0.542. The van der Waals surface area contributed by atoms with E-state index in [0.29, 0.717) is 0 Å². The standard InChI is InChI=1S/C7H13NO2/c1-5(2)4-10-7(9)6(3)8/h6H,1,4,8H2,2-3H3/t6-/m0/s1. The summed E-state index contributed by atoms with van der Waals surface area (Å²) in [5, 5.41) is 0. The molecule has 0 spiro atoms. The van der Waals surface area contributed by atoms with Gasteiger partial charge in [0.25, 0.3) is 0 Å². The van der Waals surface area contributed by atoms with Crippen LogP contribution in [0.5, 0.6) is 0 Å². The molecule has 0 fully saturated rings. The van der Waals surface area contributed by atoms with Gasteiger partial charge in [-0.15, -0.1) is 0 Å². The normalized spacial score (nSPS) is 12.3. The number of hydrogen-bond donors (Lipinski definition) is 1. The first kappa shape index (κ1) is 9.17. The lowest BCUT2D eigenvalue weighted by atomic mass is 10.3. The van der Waals surface area contributed by atoms with Crippen LogP contribution in [0, 0.1) is 0 Å². The fourth-order valence-corrected chi connectivity index (χ4v) is 0.326. The molecule has 58 valence electrons. The molecule has 0 aliphatic heterocycles. The molecule has 0 saturated heterocycles. The van der Waals surface area contributed by atoms with Crippen LogP contribution >= 0.6 is 0 Å². The largest absolute Gasteiger partial charge is 0.460 e. The van der Waals surface area contributed by atoms with Gasteiger partial charge < -0.3 is 10.5 Å². The third kappa shape index (κ3) is 4.09. The van der Waals surface area contributed by atoms with E-state index < -0.39 is 6.04 Å². The van der Waals surface area contributed by atoms with Crippen LogP contribution in [0.25, 0.3) is 0 Å². The molecule has 2 N–H and O–H groups in total. The molecule has 0 aromatic carbocycles. The highest BCUT2D eigenvalue weighted by Crippen LogP contribution is 1.90. The van der Waals surface area contributed by atoms with E-state index in [1.165, 1.54) is 0 Å². The minimum absolute atomic E-state index is 0.264. The summed E-state index contributed by atoms with van der Waals surface area (Å²) in [7, 11) is 0. The zero-order valence-corrected chi connectivity index (χ0v) is 6.39. The first-order valence-corrected chi connectivity index (χ1v) is 3.10. The highest BCUT2D eigenvalue weighted by atomic mass is 16.5. The highest BCUT2D eigenvalue weighted by molar-refractivity contribution is 5.74. The Bertz CT molecular complexity index is 141. The Labute approximate surface area is 60.9 Å². The summed E-state index contributed by atoms with van der Waals surface area (Å²) in [5.74, 6) is -0.386. The Kier molecular flexibility index (Phi) is 3.72. The first-order valence-electron chi connectivity index (χ1n) is 3.10. The summed E-state index contributed by atoms with van der Waals surface area (Å²) in [6.45, 7) is 7.20. The smallest absolute Gasteiger partial charge is 0.322 e. The Morgan fingerprint density at radius 2 is 2.30 bits per heavy atom. The number of carbonyl (C=O) groups excluding carboxylic acids is 1. The van der Waals surface area contributed by atoms with Gasteiger partial charge in [0.15, 0.2) is 0 Å². The maximum absolute atomic E-state index is 10.7. The summed E-state index contributed by atoms with van der Waals surface area (Å²) in [5.41, 5.74) is 6.03. The number of ether oxygens (including phenoxy) is 1. The average Bonchev–Trinajstić information content (AvgIpc) is 1.82. The summed E-state index contributed by atoms with van der Waals surface area (Å²) in [4.78, 5) is 10.7. The summed E-state index contributed by atoms with van der Waals surface area (Å²) < 4.78 is 4.70. The zero-order chi connectivity index (χ0) is 8.15. The van der Waals surface area contributed by atoms with E-state index in [-0.39, 0.29) is 12.6 Å². The van der Waals surface area contributed by atoms with E-state index in [1.807, 2.05) is 0 Å². The van der Waals surface area contributed by atoms with Gasteiger partial charge in [-0.3, -0.25) is 4.79 Å². The lowest BCUT2D eigenvalue weighted by molar-refractivity contribution is -0.143. The van der Waals surface area contributed by atoms with Crippen LogP contribution in [-0.2, 0) is 9.53 Å². The van der Waals surface area contributed by atoms with Crippen molar-refractivity contribution in [3.05, 3.63) is 12.2 Å². The van der Waals surface area contributed by atoms with Gasteiger partial charge >= 0.3 is 5.97 Å². The molecule has 1 atom stereocenters. The van der Waals surface area contributed by atoms with E-state index in [4.69, 9.17) is 10.5 Å². The van der Waals surface area contributed by atoms with E-state index >= 15 is 0 Å². The van der Waals surface area contributed by atoms with Crippen molar-refractivity contribution in [1.82, 2.24) is 0 Å². The van der Waals surface area contributed by atoms with Crippen molar-refractivity contribution in [2.45, 2.75) is 19.9 Å². The van der Waals surface area contributed by atoms with Gasteiger partial charge in [0.1, 0.15) is 12.6 Å². The molecule has 3 nitrogen and oxygen atoms in total. The average molecular weight is 143 g/mol. The van der Waals surface area contributed by atoms with Crippen LogP contribution in [0.4, 0.5) is 0 Å². The Hall–Kier alpha value is -0.830. The number of carbonyl (C=O) groups is 1. The van der Waals surface area contributed by atoms with Crippen LogP contribution in [0.1, 0.15) is 13.8 Å². The number of rotatable bonds is 3. The molecule has 0 aliphatic rings. The summed E-state index contributed by atoms with van der Waals surface area (Å²) in [6.07, 6.45) is 0. The predicted molar refractivity (Wildman–Crippen MR) is 39.4 cm³/mol. The third-order valence-electron chi connectivity index (χ3n) is 0.833. The van der Waals surface area contributed by atoms with E-state index in [0.717, 1.165) is 5.57 Å². The summed E-state index contributed by atoms with van der Waals surface area (Å²) >= 11 is 0. The second kappa shape index (κ2) is 4.06. The summed E-state index contributed by atoms with van der Waals surface area (Å²) in [6, 6.07) is -0.542. The van der Waals surface area contributed by atoms with E-state index in [1.54, 1.807) is 13.8 Å². The van der Waals surface area contributed by atoms with Gasteiger partial charge in [-0.05, 0) is 19.4 Å². The molecule has 0 aliphatic carbocycles. The number of esters is 1. The van der Waals surface area contributed by atoms with Crippen LogP contribution in [-0.4, -0.2) is 18.6 Å². The topological polar surface area (TPSA) is 52.3 Å². The van der Waals surface area contributed by atoms with Crippen molar-refractivity contribution in [3.8, 4) is 0 Å². The molecule has 0 heterocycles. The van der Waals surface area contributed by atoms with Crippen LogP contribution in [0.3, 0.4) is 0 Å². The van der Waals surface area contributed by atoms with Gasteiger partial charge in [0, 0.05) is 0 Å². The Balaban J connectivity index is 3.50. The molecule has 3 heteroatoms. The molecule has 0 rings (SSSR count). The molecular weight excluding hydrogens is 130 g/mol. The lowest BCUT2D eigenvalue weighted by Gasteiger charge is -2.05. The molecule has 0 amide bonds. The number of nitrogens with two attached hydrogens (primary N) is 1. The van der Waals surface area contributed by atoms with Crippen molar-refractivity contribution in [2.24, 2.45) is 5.73 Å². The third-order valence-corrected chi connectivity index (χ3v) is 0.833. The second-order valence-corrected chi connectivity index (χ2v) is 2.35. The molecule has 0 bridgehead atoms. The van der Waals surface area contributed by atoms with Crippen molar-refractivity contribution in [1.29, 1.82) is 0 Å². The van der Waals surface area contributed by atoms with Crippen molar-refractivity contribution < 1.29 is 9.53 Å². The van der Waals surface area contributed by atoms with Crippen LogP contribution < -0.4 is 5.73 Å². The van der Waals surface area contributed by atoms with Crippen molar-refractivity contribution in [2.75, 3.05) is 6.61 Å². The molecule has 10 heavy (non-hydrogen) atoms. The van der Waals surface area contributed by atoms with E-state index in [9.17, 15) is 4.79 Å². The molecular formula is C7H13NO2. The Morgan fingerprint density at radius 1 is 1.80 bits per heavy atom. The van der Waals surface area contributed by atoms with Crippen LogP contribution in [0.15, 0.2) is 12.2 Å². The van der Waals surface area contributed by atoms with Gasteiger partial charge in [-0.25, -0.2) is 0 Å². The molecule has 0 aromatic rings. The molecule has 0 saturated carbocycles. The van der Waals surface area contributed by atoms with Gasteiger partial charge in [-0.2, -0.15) is 0 Å². The maximum Gasteiger partial charge on any atom is 0.322 e. The Morgan fingerprint density at radius 3 is 2.60 bits per heavy atom. The van der Waals surface area contributed by atoms with Crippen molar-refractivity contribution >= 4 is 5.97 Å². The number of hydrogen-bond acceptors (Lipinski definition) is 3. The highest BCUT2D eigenvalue weighted by Gasteiger charge is 2.07. The van der Waals surface area contributed by atoms with Gasteiger partial charge in [-0.1, -0.05) is 6.58 Å². The lowest BCUT2D eigenvalue weighted by Crippen LogP contribution is -2.29. The van der Waals surface area contributed by atoms with Crippen LogP contribution in [0.2, 0.25) is 0 Å². The monoisotopic (exact) mass is 143 g/mol. The molecule has 0 unspecified atom stereocenters. The van der Waals surface area contributed by atoms with Gasteiger partial charge in [0.05, 0.1) is 0 Å². The molecule has 0 radical (unpaired) electrons. The SMILES string of the molecule is C=C(C)COC(=O)[C@H](C)N. The minimum Gasteiger partial charge on any atom is -0.460 e. The second-order valence-electron chi connectivity index (χ2n) is 2.35. The predicted octanol–water partition coefficient (Wildman–Crippen LogP) is 0.453. The fraction of sp³-hybridized carbons (Fsp3) is 0.571. The molecule has 0 aromatic heterocycles. The first-order chi connectivity index (χ1) is 4.54. The zero-order valence-electron chi connectivity index (χ0n) is 6.39. The quantitative estimate of drug-likeness (QED) is 0.461. The van der Waals surface area contributed by atoms with Gasteiger partial charge in [0.2, 0.25) is 0 Å². The fourth-order valence-electron chi connectivity index (χ4n) is 0.326. The van der Waals surface area contributed by atoms with Crippen molar-refractivity contribution in [3.63, 3.8) is 0 Å².